The quantitative estimate of drug-likeness (QED) is 0.150. The summed E-state index contributed by atoms with van der Waals surface area (Å²) in [5.41, 5.74) is 12.9. The Hall–Kier alpha value is -7.22. The molecule has 0 spiro atoms. The van der Waals surface area contributed by atoms with Crippen LogP contribution in [0.3, 0.4) is 0 Å². The van der Waals surface area contributed by atoms with Crippen molar-refractivity contribution >= 4 is 49.4 Å². The normalized spacial score (nSPS) is 11.3. The minimum atomic E-state index is 1.10. The molecule has 10 aromatic rings. The second-order valence-electron chi connectivity index (χ2n) is 14.1. The maximum Gasteiger partial charge on any atom is 0.0540 e. The van der Waals surface area contributed by atoms with Crippen LogP contribution in [0.15, 0.2) is 224 Å². The van der Waals surface area contributed by atoms with Crippen LogP contribution in [0, 0.1) is 0 Å². The van der Waals surface area contributed by atoms with Crippen LogP contribution in [0.25, 0.3) is 76.8 Å². The minimum absolute atomic E-state index is 1.10. The molecule has 0 N–H and O–H groups in total. The Morgan fingerprint density at radius 1 is 0.236 bits per heavy atom. The average Bonchev–Trinajstić information content (AvgIpc) is 3.27. The number of nitrogens with zero attached hydrogens (tertiary/aromatic N) is 1. The van der Waals surface area contributed by atoms with E-state index < -0.39 is 0 Å². The number of rotatable bonds is 7. The molecule has 0 aliphatic heterocycles. The molecule has 0 saturated heterocycles. The standard InChI is InChI=1S/C54H37N/c1-2-13-38(14-3-1)43-18-12-19-44(35-43)40-27-31-47(32-28-40)55(54-24-11-10-21-50(54)46-26-25-39-15-4-5-16-42(39)36-46)48-33-29-41(30-34-48)53-37-45-17-6-7-20-49(45)51-22-8-9-23-52(51)53/h1-37H. The highest BCUT2D eigenvalue weighted by molar-refractivity contribution is 6.13. The lowest BCUT2D eigenvalue weighted by molar-refractivity contribution is 1.28. The second-order valence-corrected chi connectivity index (χ2v) is 14.1. The molecule has 0 amide bonds. The van der Waals surface area contributed by atoms with Crippen molar-refractivity contribution in [3.8, 4) is 44.5 Å². The molecule has 10 aromatic carbocycles. The highest BCUT2D eigenvalue weighted by Gasteiger charge is 2.18. The summed E-state index contributed by atoms with van der Waals surface area (Å²) < 4.78 is 0. The Morgan fingerprint density at radius 3 is 1.51 bits per heavy atom. The lowest BCUT2D eigenvalue weighted by atomic mass is 9.93. The van der Waals surface area contributed by atoms with Crippen LogP contribution in [0.4, 0.5) is 17.1 Å². The van der Waals surface area contributed by atoms with Gasteiger partial charge in [0.2, 0.25) is 0 Å². The maximum atomic E-state index is 2.40. The molecule has 55 heavy (non-hydrogen) atoms. The monoisotopic (exact) mass is 699 g/mol. The van der Waals surface area contributed by atoms with Crippen molar-refractivity contribution in [2.75, 3.05) is 4.90 Å². The molecule has 0 radical (unpaired) electrons. The highest BCUT2D eigenvalue weighted by Crippen LogP contribution is 2.43. The third-order valence-electron chi connectivity index (χ3n) is 10.8. The van der Waals surface area contributed by atoms with Gasteiger partial charge in [0.25, 0.3) is 0 Å². The zero-order chi connectivity index (χ0) is 36.6. The van der Waals surface area contributed by atoms with Crippen LogP contribution < -0.4 is 4.90 Å². The van der Waals surface area contributed by atoms with Gasteiger partial charge < -0.3 is 4.90 Å². The van der Waals surface area contributed by atoms with E-state index in [2.05, 4.69) is 229 Å². The average molecular weight is 700 g/mol. The molecular formula is C54H37N. The Kier molecular flexibility index (Phi) is 8.24. The SMILES string of the molecule is c1ccc(-c2cccc(-c3ccc(N(c4ccc(-c5cc6ccccc6c6ccccc56)cc4)c4ccccc4-c4ccc5ccccc5c4)cc3)c2)cc1. The van der Waals surface area contributed by atoms with Gasteiger partial charge in [-0.1, -0.05) is 176 Å². The van der Waals surface area contributed by atoms with E-state index in [1.165, 1.54) is 76.8 Å². The van der Waals surface area contributed by atoms with E-state index in [0.29, 0.717) is 0 Å². The van der Waals surface area contributed by atoms with Gasteiger partial charge in [-0.25, -0.2) is 0 Å². The molecule has 0 unspecified atom stereocenters. The first-order chi connectivity index (χ1) is 27.3. The lowest BCUT2D eigenvalue weighted by Gasteiger charge is -2.28. The van der Waals surface area contributed by atoms with E-state index >= 15 is 0 Å². The van der Waals surface area contributed by atoms with Gasteiger partial charge >= 0.3 is 0 Å². The van der Waals surface area contributed by atoms with E-state index in [4.69, 9.17) is 0 Å². The van der Waals surface area contributed by atoms with E-state index in [9.17, 15) is 0 Å². The fourth-order valence-corrected chi connectivity index (χ4v) is 8.09. The van der Waals surface area contributed by atoms with Crippen molar-refractivity contribution in [3.05, 3.63) is 224 Å². The Morgan fingerprint density at radius 2 is 0.764 bits per heavy atom. The molecule has 0 aromatic heterocycles. The molecule has 0 atom stereocenters. The zero-order valence-corrected chi connectivity index (χ0v) is 30.3. The molecule has 1 nitrogen and oxygen atoms in total. The van der Waals surface area contributed by atoms with Crippen LogP contribution >= 0.6 is 0 Å². The molecule has 0 aliphatic carbocycles. The molecule has 0 fully saturated rings. The van der Waals surface area contributed by atoms with Crippen molar-refractivity contribution in [1.82, 2.24) is 0 Å². The number of hydrogen-bond donors (Lipinski definition) is 0. The van der Waals surface area contributed by atoms with Gasteiger partial charge in [0.15, 0.2) is 0 Å². The molecular weight excluding hydrogens is 663 g/mol. The molecule has 0 aliphatic rings. The third-order valence-corrected chi connectivity index (χ3v) is 10.8. The summed E-state index contributed by atoms with van der Waals surface area (Å²) in [5.74, 6) is 0. The van der Waals surface area contributed by atoms with Crippen molar-refractivity contribution in [2.24, 2.45) is 0 Å². The third kappa shape index (κ3) is 6.12. The molecule has 0 saturated carbocycles. The topological polar surface area (TPSA) is 3.24 Å². The number of hydrogen-bond acceptors (Lipinski definition) is 1. The summed E-state index contributed by atoms with van der Waals surface area (Å²) in [6, 6.07) is 81.4. The van der Waals surface area contributed by atoms with Crippen molar-refractivity contribution in [3.63, 3.8) is 0 Å². The number of para-hydroxylation sites is 1. The van der Waals surface area contributed by atoms with E-state index in [-0.39, 0.29) is 0 Å². The fraction of sp³-hybridized carbons (Fsp3) is 0. The highest BCUT2D eigenvalue weighted by atomic mass is 15.1. The smallest absolute Gasteiger partial charge is 0.0540 e. The first-order valence-corrected chi connectivity index (χ1v) is 18.9. The molecule has 0 heterocycles. The fourth-order valence-electron chi connectivity index (χ4n) is 8.09. The predicted octanol–water partition coefficient (Wildman–Crippen LogP) is 15.3. The van der Waals surface area contributed by atoms with E-state index in [0.717, 1.165) is 17.1 Å². The Balaban J connectivity index is 1.09. The summed E-state index contributed by atoms with van der Waals surface area (Å²) in [7, 11) is 0. The van der Waals surface area contributed by atoms with Crippen LogP contribution in [0.2, 0.25) is 0 Å². The second kappa shape index (κ2) is 14.0. The first-order valence-electron chi connectivity index (χ1n) is 18.9. The molecule has 0 bridgehead atoms. The van der Waals surface area contributed by atoms with Crippen LogP contribution in [-0.4, -0.2) is 0 Å². The molecule has 258 valence electrons. The van der Waals surface area contributed by atoms with Crippen LogP contribution in [0.1, 0.15) is 0 Å². The largest absolute Gasteiger partial charge is 0.310 e. The summed E-state index contributed by atoms with van der Waals surface area (Å²) in [5, 5.41) is 7.55. The number of anilines is 3. The zero-order valence-electron chi connectivity index (χ0n) is 30.3. The number of fused-ring (bicyclic) bond motifs is 4. The van der Waals surface area contributed by atoms with E-state index in [1.54, 1.807) is 0 Å². The Bertz CT molecular complexity index is 2960. The number of benzene rings is 10. The summed E-state index contributed by atoms with van der Waals surface area (Å²) in [6.45, 7) is 0. The maximum absolute atomic E-state index is 2.40. The Labute approximate surface area is 322 Å². The summed E-state index contributed by atoms with van der Waals surface area (Å²) in [4.78, 5) is 2.40. The first kappa shape index (κ1) is 32.4. The van der Waals surface area contributed by atoms with Crippen molar-refractivity contribution < 1.29 is 0 Å². The van der Waals surface area contributed by atoms with Gasteiger partial charge in [-0.15, -0.1) is 0 Å². The van der Waals surface area contributed by atoms with Gasteiger partial charge in [0.1, 0.15) is 0 Å². The van der Waals surface area contributed by atoms with Crippen LogP contribution in [-0.2, 0) is 0 Å². The van der Waals surface area contributed by atoms with Gasteiger partial charge in [-0.05, 0) is 120 Å². The van der Waals surface area contributed by atoms with Gasteiger partial charge in [-0.3, -0.25) is 0 Å². The van der Waals surface area contributed by atoms with E-state index in [1.807, 2.05) is 0 Å². The van der Waals surface area contributed by atoms with Gasteiger partial charge in [-0.2, -0.15) is 0 Å². The van der Waals surface area contributed by atoms with Crippen molar-refractivity contribution in [2.45, 2.75) is 0 Å². The lowest BCUT2D eigenvalue weighted by Crippen LogP contribution is -2.11. The predicted molar refractivity (Wildman–Crippen MR) is 235 cm³/mol. The van der Waals surface area contributed by atoms with Gasteiger partial charge in [0.05, 0.1) is 5.69 Å². The summed E-state index contributed by atoms with van der Waals surface area (Å²) in [6.07, 6.45) is 0. The summed E-state index contributed by atoms with van der Waals surface area (Å²) >= 11 is 0. The van der Waals surface area contributed by atoms with Crippen LogP contribution in [0.5, 0.6) is 0 Å². The van der Waals surface area contributed by atoms with Gasteiger partial charge in [0, 0.05) is 16.9 Å². The van der Waals surface area contributed by atoms with Crippen molar-refractivity contribution in [1.29, 1.82) is 0 Å². The molecule has 10 rings (SSSR count). The minimum Gasteiger partial charge on any atom is -0.310 e. The molecule has 1 heteroatoms.